The van der Waals surface area contributed by atoms with Crippen molar-refractivity contribution in [2.24, 2.45) is 5.41 Å². The summed E-state index contributed by atoms with van der Waals surface area (Å²) in [5.41, 5.74) is -1.81. The highest BCUT2D eigenvalue weighted by Crippen LogP contribution is 2.25. The van der Waals surface area contributed by atoms with Crippen molar-refractivity contribution < 1.29 is 47.4 Å². The molecule has 0 spiro atoms. The fraction of sp³-hybridized carbons (Fsp3) is 0.529. The number of nitrogens with one attached hydrogen (secondary N) is 2. The Morgan fingerprint density at radius 3 is 1.42 bits per heavy atom. The predicted octanol–water partition coefficient (Wildman–Crippen LogP) is 0.979. The minimum atomic E-state index is -2.32. The number of nitrogens with zero attached hydrogens (tertiary/aromatic N) is 4. The molecule has 33 heavy (non-hydrogen) atoms. The molecule has 2 aromatic heterocycles. The molecular formula is C17H22N6O10. The smallest absolute Gasteiger partial charge is 0.412 e. The highest BCUT2D eigenvalue weighted by molar-refractivity contribution is 6.01. The van der Waals surface area contributed by atoms with Crippen LogP contribution in [0.25, 0.3) is 0 Å². The minimum Gasteiger partial charge on any atom is -0.465 e. The van der Waals surface area contributed by atoms with Crippen molar-refractivity contribution in [3.05, 3.63) is 11.4 Å². The van der Waals surface area contributed by atoms with Crippen LogP contribution in [0.4, 0.5) is 21.2 Å². The quantitative estimate of drug-likeness (QED) is 0.282. The van der Waals surface area contributed by atoms with Gasteiger partial charge in [0.05, 0.1) is 13.2 Å². The molecule has 0 bridgehead atoms. The molecule has 16 heteroatoms. The average molecular weight is 470 g/mol. The monoisotopic (exact) mass is 470 g/mol. The van der Waals surface area contributed by atoms with Crippen LogP contribution in [0.2, 0.25) is 0 Å². The van der Waals surface area contributed by atoms with Crippen molar-refractivity contribution in [2.75, 3.05) is 37.1 Å². The van der Waals surface area contributed by atoms with Gasteiger partial charge in [0, 0.05) is 0 Å². The van der Waals surface area contributed by atoms with Crippen LogP contribution in [0.15, 0.2) is 9.26 Å². The lowest BCUT2D eigenvalue weighted by Gasteiger charge is -2.27. The van der Waals surface area contributed by atoms with Gasteiger partial charge >= 0.3 is 24.1 Å². The highest BCUT2D eigenvalue weighted by Gasteiger charge is 2.52. The van der Waals surface area contributed by atoms with E-state index in [-0.39, 0.29) is 36.2 Å². The Kier molecular flexibility index (Phi) is 8.64. The van der Waals surface area contributed by atoms with Gasteiger partial charge in [0.2, 0.25) is 17.1 Å². The number of ether oxygens (including phenoxy) is 4. The van der Waals surface area contributed by atoms with Crippen molar-refractivity contribution >= 4 is 35.8 Å². The van der Waals surface area contributed by atoms with Crippen molar-refractivity contribution in [3.63, 3.8) is 0 Å². The third-order valence-corrected chi connectivity index (χ3v) is 3.98. The van der Waals surface area contributed by atoms with Gasteiger partial charge in [-0.2, -0.15) is 0 Å². The molecule has 0 aliphatic heterocycles. The molecule has 2 heterocycles. The number of carbonyl (C=O) groups is 4. The normalized spacial score (nSPS) is 10.8. The maximum absolute atomic E-state index is 12.7. The van der Waals surface area contributed by atoms with E-state index in [4.69, 9.17) is 18.9 Å². The number of hydrogen-bond acceptors (Lipinski definition) is 14. The average Bonchev–Trinajstić information content (AvgIpc) is 3.36. The third kappa shape index (κ3) is 6.37. The van der Waals surface area contributed by atoms with E-state index in [0.717, 1.165) is 0 Å². The fourth-order valence-electron chi connectivity index (χ4n) is 2.23. The second kappa shape index (κ2) is 11.4. The number of carbonyl (C=O) groups excluding carboxylic acids is 4. The lowest BCUT2D eigenvalue weighted by Crippen LogP contribution is -2.50. The Labute approximate surface area is 186 Å². The van der Waals surface area contributed by atoms with Crippen LogP contribution in [0.1, 0.15) is 25.2 Å². The molecule has 0 aliphatic carbocycles. The first-order chi connectivity index (χ1) is 15.7. The third-order valence-electron chi connectivity index (χ3n) is 3.98. The van der Waals surface area contributed by atoms with E-state index >= 15 is 0 Å². The van der Waals surface area contributed by atoms with Gasteiger partial charge in [-0.25, -0.2) is 18.8 Å². The SMILES string of the molecule is CCOC(=O)C(COC(=O)Nc1nonc1C)(COC(=O)Nc1nonc1C)C(=O)OCC. The molecule has 0 aromatic carbocycles. The molecule has 0 atom stereocenters. The van der Waals surface area contributed by atoms with Gasteiger partial charge in [-0.15, -0.1) is 0 Å². The second-order valence-electron chi connectivity index (χ2n) is 6.32. The summed E-state index contributed by atoms with van der Waals surface area (Å²) in [5.74, 6) is -2.35. The zero-order valence-electron chi connectivity index (χ0n) is 18.2. The first kappa shape index (κ1) is 25.0. The molecule has 2 rings (SSSR count). The standard InChI is InChI=1S/C17H22N6O10/c1-5-28-13(24)17(14(25)29-6-2,7-30-15(26)18-11-9(3)20-32-22-11)8-31-16(27)19-12-10(4)21-33-23-12/h5-8H2,1-4H3,(H,18,22,26)(H,19,23,27). The molecule has 0 radical (unpaired) electrons. The molecule has 180 valence electrons. The topological polar surface area (TPSA) is 207 Å². The summed E-state index contributed by atoms with van der Waals surface area (Å²) in [6.45, 7) is 3.99. The number of amides is 2. The van der Waals surface area contributed by atoms with Crippen LogP contribution in [-0.2, 0) is 28.5 Å². The van der Waals surface area contributed by atoms with Crippen molar-refractivity contribution in [2.45, 2.75) is 27.7 Å². The fourth-order valence-corrected chi connectivity index (χ4v) is 2.23. The summed E-state index contributed by atoms with van der Waals surface area (Å²) < 4.78 is 28.8. The summed E-state index contributed by atoms with van der Waals surface area (Å²) in [6, 6.07) is 0. The Balaban J connectivity index is 2.18. The number of esters is 2. The molecule has 2 N–H and O–H groups in total. The highest BCUT2D eigenvalue weighted by atomic mass is 16.6. The maximum Gasteiger partial charge on any atom is 0.412 e. The van der Waals surface area contributed by atoms with Gasteiger partial charge in [-0.1, -0.05) is 10.3 Å². The minimum absolute atomic E-state index is 0.0370. The molecule has 0 aliphatic rings. The van der Waals surface area contributed by atoms with Crippen LogP contribution in [0.5, 0.6) is 0 Å². The van der Waals surface area contributed by atoms with E-state index in [9.17, 15) is 19.2 Å². The molecule has 2 amide bonds. The largest absolute Gasteiger partial charge is 0.465 e. The van der Waals surface area contributed by atoms with E-state index in [0.29, 0.717) is 0 Å². The lowest BCUT2D eigenvalue weighted by molar-refractivity contribution is -0.178. The molecule has 0 saturated carbocycles. The van der Waals surface area contributed by atoms with E-state index in [1.807, 2.05) is 0 Å². The Hall–Kier alpha value is -4.24. The molecule has 0 saturated heterocycles. The van der Waals surface area contributed by atoms with Crippen molar-refractivity contribution in [3.8, 4) is 0 Å². The molecule has 16 nitrogen and oxygen atoms in total. The first-order valence-corrected chi connectivity index (χ1v) is 9.53. The van der Waals surface area contributed by atoms with E-state index in [1.165, 1.54) is 27.7 Å². The molecule has 2 aromatic rings. The Bertz CT molecular complexity index is 908. The summed E-state index contributed by atoms with van der Waals surface area (Å²) in [4.78, 5) is 49.8. The Morgan fingerprint density at radius 2 is 1.12 bits per heavy atom. The van der Waals surface area contributed by atoms with Gasteiger partial charge in [-0.3, -0.25) is 20.2 Å². The van der Waals surface area contributed by atoms with Gasteiger partial charge < -0.3 is 18.9 Å². The van der Waals surface area contributed by atoms with Crippen LogP contribution < -0.4 is 10.6 Å². The van der Waals surface area contributed by atoms with Crippen molar-refractivity contribution in [1.82, 2.24) is 20.6 Å². The van der Waals surface area contributed by atoms with Crippen LogP contribution in [-0.4, -0.2) is 71.2 Å². The van der Waals surface area contributed by atoms with Gasteiger partial charge in [0.15, 0.2) is 0 Å². The summed E-state index contributed by atoms with van der Waals surface area (Å²) in [5, 5.41) is 18.3. The predicted molar refractivity (Wildman–Crippen MR) is 104 cm³/mol. The zero-order valence-corrected chi connectivity index (χ0v) is 18.2. The number of aryl methyl sites for hydroxylation is 2. The van der Waals surface area contributed by atoms with Crippen LogP contribution in [0, 0.1) is 19.3 Å². The van der Waals surface area contributed by atoms with E-state index < -0.39 is 42.8 Å². The van der Waals surface area contributed by atoms with E-state index in [1.54, 1.807) is 0 Å². The van der Waals surface area contributed by atoms with Crippen molar-refractivity contribution in [1.29, 1.82) is 0 Å². The molecular weight excluding hydrogens is 448 g/mol. The number of anilines is 2. The second-order valence-corrected chi connectivity index (χ2v) is 6.32. The first-order valence-electron chi connectivity index (χ1n) is 9.53. The number of hydrogen-bond donors (Lipinski definition) is 2. The number of rotatable bonds is 10. The zero-order chi connectivity index (χ0) is 24.4. The van der Waals surface area contributed by atoms with Crippen LogP contribution >= 0.6 is 0 Å². The number of aromatic nitrogens is 4. The maximum atomic E-state index is 12.7. The lowest BCUT2D eigenvalue weighted by atomic mass is 9.90. The van der Waals surface area contributed by atoms with Crippen LogP contribution in [0.3, 0.4) is 0 Å². The summed E-state index contributed by atoms with van der Waals surface area (Å²) in [6.07, 6.45) is -2.19. The summed E-state index contributed by atoms with van der Waals surface area (Å²) in [7, 11) is 0. The Morgan fingerprint density at radius 1 is 0.727 bits per heavy atom. The van der Waals surface area contributed by atoms with Gasteiger partial charge in [0.25, 0.3) is 0 Å². The molecule has 0 fully saturated rings. The summed E-state index contributed by atoms with van der Waals surface area (Å²) >= 11 is 0. The van der Waals surface area contributed by atoms with E-state index in [2.05, 4.69) is 40.5 Å². The van der Waals surface area contributed by atoms with Gasteiger partial charge in [-0.05, 0) is 38.0 Å². The van der Waals surface area contributed by atoms with Gasteiger partial charge in [0.1, 0.15) is 24.6 Å². The molecule has 0 unspecified atom stereocenters.